The van der Waals surface area contributed by atoms with E-state index in [2.05, 4.69) is 15.0 Å². The Morgan fingerprint density at radius 2 is 1.90 bits per heavy atom. The lowest BCUT2D eigenvalue weighted by Gasteiger charge is -2.34. The lowest BCUT2D eigenvalue weighted by molar-refractivity contribution is -0.0867. The highest BCUT2D eigenvalue weighted by Gasteiger charge is 2.43. The van der Waals surface area contributed by atoms with Gasteiger partial charge in [0.25, 0.3) is 0 Å². The second kappa shape index (κ2) is 10.5. The van der Waals surface area contributed by atoms with Gasteiger partial charge in [-0.1, -0.05) is 45.8 Å². The minimum absolute atomic E-state index is 0.0963. The summed E-state index contributed by atoms with van der Waals surface area (Å²) in [6.45, 7) is 1.61. The highest BCUT2D eigenvalue weighted by Crippen LogP contribution is 2.47. The van der Waals surface area contributed by atoms with E-state index < -0.39 is 17.9 Å². The number of carboxylic acid groups (broad SMARTS) is 1. The molecule has 4 aromatic rings. The summed E-state index contributed by atoms with van der Waals surface area (Å²) in [5.74, 6) is -0.222. The van der Waals surface area contributed by atoms with Gasteiger partial charge >= 0.3 is 5.97 Å². The van der Waals surface area contributed by atoms with Gasteiger partial charge in [0.05, 0.1) is 39.1 Å². The van der Waals surface area contributed by atoms with Gasteiger partial charge in [0.1, 0.15) is 17.0 Å². The maximum absolute atomic E-state index is 14.6. The average molecular weight is 619 g/mol. The molecule has 214 valence electrons. The number of aliphatic hydroxyl groups excluding tert-OH is 1. The quantitative estimate of drug-likeness (QED) is 0.234. The molecule has 2 aliphatic carbocycles. The molecule has 7 rings (SSSR count). The number of hydrogen-bond donors (Lipinski definition) is 2. The van der Waals surface area contributed by atoms with Crippen molar-refractivity contribution in [3.63, 3.8) is 0 Å². The Morgan fingerprint density at radius 1 is 1.17 bits per heavy atom. The third-order valence-electron chi connectivity index (χ3n) is 8.45. The Bertz CT molecular complexity index is 1640. The molecular formula is C29H26Cl2FN3O5S. The van der Waals surface area contributed by atoms with Crippen molar-refractivity contribution in [2.24, 2.45) is 11.8 Å². The van der Waals surface area contributed by atoms with Crippen LogP contribution in [-0.2, 0) is 11.3 Å². The summed E-state index contributed by atoms with van der Waals surface area (Å²) < 4.78 is 27.2. The van der Waals surface area contributed by atoms with Crippen LogP contribution in [0.15, 0.2) is 34.9 Å². The minimum atomic E-state index is -1.18. The van der Waals surface area contributed by atoms with Crippen LogP contribution in [0.5, 0.6) is 0 Å². The third kappa shape index (κ3) is 4.99. The molecule has 8 nitrogen and oxygen atoms in total. The van der Waals surface area contributed by atoms with Gasteiger partial charge in [0.2, 0.25) is 0 Å². The fraction of sp³-hybridized carbons (Fsp3) is 0.414. The van der Waals surface area contributed by atoms with Crippen molar-refractivity contribution in [2.45, 2.75) is 50.4 Å². The molecule has 0 radical (unpaired) electrons. The van der Waals surface area contributed by atoms with Gasteiger partial charge in [-0.2, -0.15) is 0 Å². The number of hydrogen-bond acceptors (Lipinski definition) is 8. The first-order valence-electron chi connectivity index (χ1n) is 13.6. The predicted molar refractivity (Wildman–Crippen MR) is 153 cm³/mol. The first-order valence-corrected chi connectivity index (χ1v) is 15.1. The first kappa shape index (κ1) is 27.1. The molecule has 0 spiro atoms. The Morgan fingerprint density at radius 3 is 2.61 bits per heavy atom. The first-order chi connectivity index (χ1) is 19.8. The zero-order valence-corrected chi connectivity index (χ0v) is 24.1. The van der Waals surface area contributed by atoms with Gasteiger partial charge in [0.15, 0.2) is 10.9 Å². The van der Waals surface area contributed by atoms with Gasteiger partial charge in [-0.15, -0.1) is 0 Å². The fourth-order valence-corrected chi connectivity index (χ4v) is 7.81. The lowest BCUT2D eigenvalue weighted by atomic mass is 9.78. The van der Waals surface area contributed by atoms with Crippen LogP contribution in [-0.4, -0.2) is 51.6 Å². The van der Waals surface area contributed by atoms with Crippen molar-refractivity contribution >= 4 is 55.9 Å². The predicted octanol–water partition coefficient (Wildman–Crippen LogP) is 6.77. The number of carbonyl (C=O) groups is 1. The molecule has 12 heteroatoms. The molecule has 3 aliphatic rings. The zero-order valence-electron chi connectivity index (χ0n) is 21.7. The van der Waals surface area contributed by atoms with Crippen molar-refractivity contribution in [3.05, 3.63) is 63.1 Å². The number of anilines is 1. The second-order valence-electron chi connectivity index (χ2n) is 11.2. The average Bonchev–Trinajstić information content (AvgIpc) is 3.34. The molecule has 41 heavy (non-hydrogen) atoms. The number of carboxylic acids is 1. The largest absolute Gasteiger partial charge is 0.478 e. The summed E-state index contributed by atoms with van der Waals surface area (Å²) in [7, 11) is 0. The van der Waals surface area contributed by atoms with Crippen LogP contribution >= 0.6 is 34.5 Å². The van der Waals surface area contributed by atoms with Crippen molar-refractivity contribution in [1.29, 1.82) is 0 Å². The van der Waals surface area contributed by atoms with Crippen LogP contribution in [0.2, 0.25) is 10.0 Å². The monoisotopic (exact) mass is 617 g/mol. The molecule has 1 aliphatic heterocycles. The molecular weight excluding hydrogens is 592 g/mol. The molecule has 2 aromatic heterocycles. The number of rotatable bonds is 7. The highest BCUT2D eigenvalue weighted by atomic mass is 35.5. The van der Waals surface area contributed by atoms with Crippen LogP contribution in [0.1, 0.15) is 53.3 Å². The summed E-state index contributed by atoms with van der Waals surface area (Å²) in [4.78, 5) is 17.9. The zero-order chi connectivity index (χ0) is 28.4. The van der Waals surface area contributed by atoms with Crippen molar-refractivity contribution < 1.29 is 28.7 Å². The number of nitrogens with zero attached hydrogens (tertiary/aromatic N) is 3. The summed E-state index contributed by atoms with van der Waals surface area (Å²) >= 11 is 14.3. The number of halogens is 3. The van der Waals surface area contributed by atoms with E-state index in [1.807, 2.05) is 0 Å². The number of thiazole rings is 1. The van der Waals surface area contributed by atoms with Crippen LogP contribution in [0.25, 0.3) is 21.5 Å². The van der Waals surface area contributed by atoms with Gasteiger partial charge < -0.3 is 24.4 Å². The van der Waals surface area contributed by atoms with Crippen LogP contribution in [0, 0.1) is 17.7 Å². The van der Waals surface area contributed by atoms with Crippen LogP contribution < -0.4 is 4.90 Å². The molecule has 2 aromatic carbocycles. The Kier molecular flexibility index (Phi) is 6.94. The number of aliphatic hydroxyl groups is 1. The maximum Gasteiger partial charge on any atom is 0.335 e. The van der Waals surface area contributed by atoms with Crippen LogP contribution in [0.3, 0.4) is 0 Å². The maximum atomic E-state index is 14.6. The minimum Gasteiger partial charge on any atom is -0.478 e. The molecule has 0 bridgehead atoms. The normalized spacial score (nSPS) is 24.2. The fourth-order valence-electron chi connectivity index (χ4n) is 6.20. The van der Waals surface area contributed by atoms with Gasteiger partial charge in [-0.3, -0.25) is 0 Å². The second-order valence-corrected chi connectivity index (χ2v) is 13.0. The number of fused-ring (bicyclic) bond motifs is 2. The third-order valence-corrected chi connectivity index (χ3v) is 10.1. The molecule has 3 fully saturated rings. The van der Waals surface area contributed by atoms with E-state index in [1.165, 1.54) is 17.4 Å². The van der Waals surface area contributed by atoms with E-state index in [0.29, 0.717) is 63.0 Å². The molecule has 3 heterocycles. The number of benzene rings is 2. The van der Waals surface area contributed by atoms with E-state index in [9.17, 15) is 19.4 Å². The molecule has 2 saturated carbocycles. The van der Waals surface area contributed by atoms with Gasteiger partial charge in [-0.05, 0) is 61.8 Å². The van der Waals surface area contributed by atoms with E-state index in [0.717, 1.165) is 30.2 Å². The Hall–Kier alpha value is -2.76. The molecule has 4 unspecified atom stereocenters. The van der Waals surface area contributed by atoms with Crippen molar-refractivity contribution in [3.8, 4) is 11.3 Å². The van der Waals surface area contributed by atoms with E-state index in [4.69, 9.17) is 32.5 Å². The van der Waals surface area contributed by atoms with Crippen LogP contribution in [0.4, 0.5) is 9.52 Å². The summed E-state index contributed by atoms with van der Waals surface area (Å²) in [6.07, 6.45) is 2.28. The SMILES string of the molecule is O=C(O)c1cc(F)c2nc(N3CC4CC(O)C(OCc5c(-c6c(Cl)cccc6Cl)noc5C5CC5)CC4C3)sc2c1. The number of aromatic nitrogens is 2. The summed E-state index contributed by atoms with van der Waals surface area (Å²) in [5.41, 5.74) is 2.10. The summed E-state index contributed by atoms with van der Waals surface area (Å²) in [6, 6.07) is 7.78. The lowest BCUT2D eigenvalue weighted by Crippen LogP contribution is -2.40. The molecule has 2 N–H and O–H groups in total. The van der Waals surface area contributed by atoms with Crippen molar-refractivity contribution in [1.82, 2.24) is 10.1 Å². The Labute approximate surface area is 248 Å². The summed E-state index contributed by atoms with van der Waals surface area (Å²) in [5, 5.41) is 26.3. The van der Waals surface area contributed by atoms with E-state index in [-0.39, 0.29) is 35.6 Å². The van der Waals surface area contributed by atoms with E-state index >= 15 is 0 Å². The smallest absolute Gasteiger partial charge is 0.335 e. The Balaban J connectivity index is 1.08. The standard InChI is InChI=1S/C29H26Cl2FN3O5S/c30-18-2-1-3-19(31)24(18)25-17(27(40-34-25)13-4-5-13)12-39-22-8-16-11-35(10-15(16)7-21(22)36)29-33-26-20(32)6-14(28(37)38)9-23(26)41-29/h1-3,6,9,13,15-16,21-22,36H,4-5,7-8,10-12H2,(H,37,38). The molecule has 4 atom stereocenters. The van der Waals surface area contributed by atoms with E-state index in [1.54, 1.807) is 18.2 Å². The van der Waals surface area contributed by atoms with Gasteiger partial charge in [-0.25, -0.2) is 14.2 Å². The molecule has 0 amide bonds. The number of ether oxygens (including phenoxy) is 1. The molecule has 1 saturated heterocycles. The van der Waals surface area contributed by atoms with Crippen molar-refractivity contribution in [2.75, 3.05) is 18.0 Å². The highest BCUT2D eigenvalue weighted by molar-refractivity contribution is 7.22. The number of aromatic carboxylic acids is 1. The topological polar surface area (TPSA) is 109 Å². The van der Waals surface area contributed by atoms with Gasteiger partial charge in [0, 0.05) is 30.1 Å².